The van der Waals surface area contributed by atoms with Gasteiger partial charge in [-0.25, -0.2) is 4.79 Å². The first-order valence-electron chi connectivity index (χ1n) is 3.40. The third-order valence-electron chi connectivity index (χ3n) is 1.50. The number of nitrogen functional groups attached to an aromatic ring is 1. The normalized spacial score (nSPS) is 9.79. The minimum Gasteiger partial charge on any atom is -0.477 e. The van der Waals surface area contributed by atoms with Crippen LogP contribution < -0.4 is 5.73 Å². The van der Waals surface area contributed by atoms with Crippen LogP contribution in [-0.4, -0.2) is 16.0 Å². The molecule has 6 nitrogen and oxygen atoms in total. The van der Waals surface area contributed by atoms with E-state index in [1.165, 1.54) is 6.07 Å². The molecule has 0 aliphatic carbocycles. The maximum absolute atomic E-state index is 10.6. The number of anilines is 1. The first-order chi connectivity index (χ1) is 6.43. The number of nitrogens with two attached hydrogens (primary N) is 1. The third-order valence-corrected chi connectivity index (χ3v) is 2.10. The maximum atomic E-state index is 10.6. The molecule has 0 unspecified atom stereocenters. The molecule has 0 fully saturated rings. The van der Waals surface area contributed by atoms with Crippen LogP contribution in [0.5, 0.6) is 0 Å². The molecule has 0 heterocycles. The SMILES string of the molecule is Nc1cc(Br)c([N+](=O)[O-])c(C(=O)O)c1. The highest BCUT2D eigenvalue weighted by Gasteiger charge is 2.23. The predicted molar refractivity (Wildman–Crippen MR) is 52.2 cm³/mol. The lowest BCUT2D eigenvalue weighted by Gasteiger charge is -2.01. The van der Waals surface area contributed by atoms with Gasteiger partial charge in [0, 0.05) is 5.69 Å². The van der Waals surface area contributed by atoms with Crippen molar-refractivity contribution in [3.8, 4) is 0 Å². The number of nitro benzene ring substituents is 1. The second kappa shape index (κ2) is 3.62. The number of benzene rings is 1. The molecule has 0 radical (unpaired) electrons. The first kappa shape index (κ1) is 10.5. The molecular weight excluding hydrogens is 256 g/mol. The Morgan fingerprint density at radius 3 is 2.57 bits per heavy atom. The monoisotopic (exact) mass is 260 g/mol. The molecule has 0 atom stereocenters. The van der Waals surface area contributed by atoms with Crippen molar-refractivity contribution < 1.29 is 14.8 Å². The van der Waals surface area contributed by atoms with Crippen molar-refractivity contribution in [2.75, 3.05) is 5.73 Å². The standard InChI is InChI=1S/C7H5BrN2O4/c8-5-2-3(9)1-4(7(11)12)6(5)10(13)14/h1-2H,9H2,(H,11,12). The number of rotatable bonds is 2. The molecule has 74 valence electrons. The van der Waals surface area contributed by atoms with Crippen molar-refractivity contribution in [1.82, 2.24) is 0 Å². The van der Waals surface area contributed by atoms with Gasteiger partial charge in [-0.15, -0.1) is 0 Å². The Morgan fingerprint density at radius 1 is 1.57 bits per heavy atom. The molecular formula is C7H5BrN2O4. The van der Waals surface area contributed by atoms with E-state index in [1.54, 1.807) is 0 Å². The number of hydrogen-bond acceptors (Lipinski definition) is 4. The molecule has 0 saturated carbocycles. The van der Waals surface area contributed by atoms with E-state index in [9.17, 15) is 14.9 Å². The van der Waals surface area contributed by atoms with E-state index in [0.717, 1.165) is 6.07 Å². The van der Waals surface area contributed by atoms with Crippen LogP contribution >= 0.6 is 15.9 Å². The molecule has 14 heavy (non-hydrogen) atoms. The summed E-state index contributed by atoms with van der Waals surface area (Å²) in [6, 6.07) is 2.33. The molecule has 0 amide bonds. The zero-order valence-electron chi connectivity index (χ0n) is 6.73. The van der Waals surface area contributed by atoms with Crippen LogP contribution in [0.2, 0.25) is 0 Å². The van der Waals surface area contributed by atoms with Gasteiger partial charge in [0.25, 0.3) is 5.69 Å². The molecule has 0 bridgehead atoms. The van der Waals surface area contributed by atoms with Gasteiger partial charge in [-0.2, -0.15) is 0 Å². The second-order valence-corrected chi connectivity index (χ2v) is 3.32. The lowest BCUT2D eigenvalue weighted by Crippen LogP contribution is -2.04. The van der Waals surface area contributed by atoms with Crippen molar-refractivity contribution in [3.63, 3.8) is 0 Å². The van der Waals surface area contributed by atoms with E-state index in [0.29, 0.717) is 0 Å². The fourth-order valence-electron chi connectivity index (χ4n) is 0.969. The van der Waals surface area contributed by atoms with Gasteiger partial charge in [-0.3, -0.25) is 10.1 Å². The summed E-state index contributed by atoms with van der Waals surface area (Å²) < 4.78 is 0.0555. The fourth-order valence-corrected chi connectivity index (χ4v) is 1.59. The van der Waals surface area contributed by atoms with Crippen molar-refractivity contribution in [1.29, 1.82) is 0 Å². The van der Waals surface area contributed by atoms with E-state index in [1.807, 2.05) is 0 Å². The third kappa shape index (κ3) is 1.82. The van der Waals surface area contributed by atoms with Crippen molar-refractivity contribution in [2.45, 2.75) is 0 Å². The summed E-state index contributed by atoms with van der Waals surface area (Å²) >= 11 is 2.88. The molecule has 7 heteroatoms. The van der Waals surface area contributed by atoms with Crippen LogP contribution in [0, 0.1) is 10.1 Å². The van der Waals surface area contributed by atoms with Crippen molar-refractivity contribution in [3.05, 3.63) is 32.3 Å². The minimum absolute atomic E-state index is 0.0555. The summed E-state index contributed by atoms with van der Waals surface area (Å²) in [5.41, 5.74) is 4.58. The van der Waals surface area contributed by atoms with E-state index < -0.39 is 22.1 Å². The van der Waals surface area contributed by atoms with Gasteiger partial charge in [-0.05, 0) is 28.1 Å². The number of hydrogen-bond donors (Lipinski definition) is 2. The van der Waals surface area contributed by atoms with Gasteiger partial charge in [-0.1, -0.05) is 0 Å². The molecule has 1 aromatic rings. The Balaban J connectivity index is 3.52. The van der Waals surface area contributed by atoms with Gasteiger partial charge in [0.2, 0.25) is 0 Å². The van der Waals surface area contributed by atoms with Crippen LogP contribution in [0.3, 0.4) is 0 Å². The molecule has 0 aromatic heterocycles. The minimum atomic E-state index is -1.38. The highest BCUT2D eigenvalue weighted by Crippen LogP contribution is 2.31. The number of carbonyl (C=O) groups is 1. The van der Waals surface area contributed by atoms with Crippen molar-refractivity contribution in [2.24, 2.45) is 0 Å². The molecule has 1 rings (SSSR count). The van der Waals surface area contributed by atoms with Gasteiger partial charge in [0.15, 0.2) is 0 Å². The summed E-state index contributed by atoms with van der Waals surface area (Å²) in [5, 5.41) is 19.2. The predicted octanol–water partition coefficient (Wildman–Crippen LogP) is 1.64. The van der Waals surface area contributed by atoms with Gasteiger partial charge < -0.3 is 10.8 Å². The average Bonchev–Trinajstić information content (AvgIpc) is 2.01. The Labute approximate surface area is 86.6 Å². The average molecular weight is 261 g/mol. The topological polar surface area (TPSA) is 106 Å². The summed E-state index contributed by atoms with van der Waals surface area (Å²) in [6.45, 7) is 0. The smallest absolute Gasteiger partial charge is 0.342 e. The zero-order valence-corrected chi connectivity index (χ0v) is 8.32. The number of carboxylic acids is 1. The molecule has 3 N–H and O–H groups in total. The first-order valence-corrected chi connectivity index (χ1v) is 4.19. The highest BCUT2D eigenvalue weighted by molar-refractivity contribution is 9.10. The Hall–Kier alpha value is -1.63. The fraction of sp³-hybridized carbons (Fsp3) is 0. The van der Waals surface area contributed by atoms with Crippen LogP contribution in [0.15, 0.2) is 16.6 Å². The Morgan fingerprint density at radius 2 is 2.14 bits per heavy atom. The number of halogens is 1. The quantitative estimate of drug-likeness (QED) is 0.478. The molecule has 0 spiro atoms. The summed E-state index contributed by atoms with van der Waals surface area (Å²) in [7, 11) is 0. The zero-order chi connectivity index (χ0) is 10.9. The van der Waals surface area contributed by atoms with Crippen LogP contribution in [0.4, 0.5) is 11.4 Å². The number of nitrogens with zero attached hydrogens (tertiary/aromatic N) is 1. The molecule has 0 aliphatic rings. The largest absolute Gasteiger partial charge is 0.477 e. The molecule has 0 aliphatic heterocycles. The van der Waals surface area contributed by atoms with Gasteiger partial charge in [0.05, 0.1) is 9.40 Å². The van der Waals surface area contributed by atoms with Crippen molar-refractivity contribution >= 4 is 33.3 Å². The number of carboxylic acid groups (broad SMARTS) is 1. The lowest BCUT2D eigenvalue weighted by molar-refractivity contribution is -0.386. The highest BCUT2D eigenvalue weighted by atomic mass is 79.9. The van der Waals surface area contributed by atoms with E-state index in [2.05, 4.69) is 15.9 Å². The van der Waals surface area contributed by atoms with Crippen LogP contribution in [-0.2, 0) is 0 Å². The lowest BCUT2D eigenvalue weighted by atomic mass is 10.1. The van der Waals surface area contributed by atoms with Crippen LogP contribution in [0.25, 0.3) is 0 Å². The Bertz CT molecular complexity index is 418. The summed E-state index contributed by atoms with van der Waals surface area (Å²) in [4.78, 5) is 20.4. The number of aromatic carboxylic acids is 1. The molecule has 0 saturated heterocycles. The molecule has 1 aromatic carbocycles. The number of nitro groups is 1. The second-order valence-electron chi connectivity index (χ2n) is 2.46. The van der Waals surface area contributed by atoms with E-state index in [-0.39, 0.29) is 10.2 Å². The van der Waals surface area contributed by atoms with E-state index >= 15 is 0 Å². The summed E-state index contributed by atoms with van der Waals surface area (Å²) in [5.74, 6) is -1.38. The van der Waals surface area contributed by atoms with Gasteiger partial charge >= 0.3 is 5.97 Å². The van der Waals surface area contributed by atoms with E-state index in [4.69, 9.17) is 10.8 Å². The Kier molecular flexibility index (Phi) is 2.70. The van der Waals surface area contributed by atoms with Crippen LogP contribution in [0.1, 0.15) is 10.4 Å². The van der Waals surface area contributed by atoms with Gasteiger partial charge in [0.1, 0.15) is 5.56 Å². The maximum Gasteiger partial charge on any atom is 0.342 e. The summed E-state index contributed by atoms with van der Waals surface area (Å²) in [6.07, 6.45) is 0.